The Bertz CT molecular complexity index is 1510. The van der Waals surface area contributed by atoms with Gasteiger partial charge in [0.2, 0.25) is 5.91 Å². The standard InChI is InChI=1S/C57H96N2O8/c1-57(2,43-15-23-47(24-16-43)66-49-27-19-45(20-28-49)58-54(60)53-36-41(14-32-52(53)56(63)64)34-39-11-7-4-8-12-39)44-17-25-48(26-18-44)67-50-29-21-46(22-30-50)59-65-37-42-35-40(13-31-51(42)55(61)62)33-38-9-5-3-6-10-38/h38-53,59H,3-37H2,1-2H3,(H,58,60)(H,61,62)(H,63,64). The summed E-state index contributed by atoms with van der Waals surface area (Å²) in [6.45, 7) is 5.60. The van der Waals surface area contributed by atoms with E-state index in [9.17, 15) is 24.6 Å². The van der Waals surface area contributed by atoms with Crippen LogP contribution in [0, 0.1) is 64.6 Å². The van der Waals surface area contributed by atoms with E-state index in [0.717, 1.165) is 120 Å². The van der Waals surface area contributed by atoms with E-state index in [1.165, 1.54) is 116 Å². The van der Waals surface area contributed by atoms with Crippen molar-refractivity contribution in [1.29, 1.82) is 0 Å². The molecule has 0 aromatic rings. The van der Waals surface area contributed by atoms with Crippen LogP contribution in [-0.2, 0) is 28.7 Å². The second-order valence-electron chi connectivity index (χ2n) is 25.0. The Labute approximate surface area is 406 Å². The Hall–Kier alpha value is -1.75. The van der Waals surface area contributed by atoms with Gasteiger partial charge in [0.15, 0.2) is 0 Å². The van der Waals surface area contributed by atoms with Crippen LogP contribution in [0.4, 0.5) is 0 Å². The van der Waals surface area contributed by atoms with Gasteiger partial charge >= 0.3 is 11.9 Å². The highest BCUT2D eigenvalue weighted by atomic mass is 16.6. The maximum absolute atomic E-state index is 13.6. The third-order valence-corrected chi connectivity index (χ3v) is 20.3. The smallest absolute Gasteiger partial charge is 0.307 e. The van der Waals surface area contributed by atoms with Crippen molar-refractivity contribution >= 4 is 17.8 Å². The molecule has 1 amide bonds. The summed E-state index contributed by atoms with van der Waals surface area (Å²) in [5.41, 5.74) is 3.69. The minimum Gasteiger partial charge on any atom is -0.481 e. The van der Waals surface area contributed by atoms with Gasteiger partial charge in [-0.3, -0.25) is 14.4 Å². The summed E-state index contributed by atoms with van der Waals surface area (Å²) in [6.07, 6.45) is 40.1. The van der Waals surface area contributed by atoms with Crippen molar-refractivity contribution < 1.29 is 38.9 Å². The molecule has 0 spiro atoms. The number of carbonyl (C=O) groups excluding carboxylic acids is 1. The Balaban J connectivity index is 0.678. The normalized spacial score (nSPS) is 38.8. The van der Waals surface area contributed by atoms with Crippen LogP contribution in [0.3, 0.4) is 0 Å². The summed E-state index contributed by atoms with van der Waals surface area (Å²) in [6, 6.07) is 0.454. The number of carboxylic acids is 2. The van der Waals surface area contributed by atoms with Crippen molar-refractivity contribution in [3.05, 3.63) is 0 Å². The molecule has 8 aliphatic carbocycles. The molecule has 8 rings (SSSR count). The summed E-state index contributed by atoms with van der Waals surface area (Å²) in [4.78, 5) is 44.1. The van der Waals surface area contributed by atoms with Crippen molar-refractivity contribution in [2.75, 3.05) is 6.61 Å². The molecule has 0 aromatic heterocycles. The lowest BCUT2D eigenvalue weighted by Crippen LogP contribution is -2.47. The van der Waals surface area contributed by atoms with E-state index < -0.39 is 23.8 Å². The van der Waals surface area contributed by atoms with Gasteiger partial charge in [0.1, 0.15) is 0 Å². The van der Waals surface area contributed by atoms with Crippen molar-refractivity contribution in [3.63, 3.8) is 0 Å². The molecule has 67 heavy (non-hydrogen) atoms. The topological polar surface area (TPSA) is 143 Å². The number of hydroxylamine groups is 1. The fourth-order valence-corrected chi connectivity index (χ4v) is 15.9. The molecule has 6 atom stereocenters. The Kier molecular flexibility index (Phi) is 19.3. The number of aliphatic carboxylic acids is 2. The molecule has 6 unspecified atom stereocenters. The predicted molar refractivity (Wildman–Crippen MR) is 263 cm³/mol. The summed E-state index contributed by atoms with van der Waals surface area (Å²) >= 11 is 0. The first-order chi connectivity index (χ1) is 32.5. The van der Waals surface area contributed by atoms with Gasteiger partial charge in [-0.15, -0.1) is 0 Å². The van der Waals surface area contributed by atoms with Gasteiger partial charge < -0.3 is 29.8 Å². The van der Waals surface area contributed by atoms with Crippen molar-refractivity contribution in [1.82, 2.24) is 10.8 Å². The Morgan fingerprint density at radius 3 is 1.37 bits per heavy atom. The summed E-state index contributed by atoms with van der Waals surface area (Å²) < 4.78 is 13.6. The van der Waals surface area contributed by atoms with Crippen molar-refractivity contribution in [2.24, 2.45) is 64.6 Å². The Morgan fingerprint density at radius 1 is 0.463 bits per heavy atom. The second kappa shape index (κ2) is 25.1. The number of amides is 1. The van der Waals surface area contributed by atoms with Gasteiger partial charge in [-0.25, -0.2) is 0 Å². The van der Waals surface area contributed by atoms with E-state index in [0.29, 0.717) is 54.6 Å². The third-order valence-electron chi connectivity index (χ3n) is 20.3. The lowest BCUT2D eigenvalue weighted by Gasteiger charge is -2.47. The molecule has 10 nitrogen and oxygen atoms in total. The highest BCUT2D eigenvalue weighted by Crippen LogP contribution is 2.50. The zero-order chi connectivity index (χ0) is 46.8. The average Bonchev–Trinajstić information content (AvgIpc) is 3.33. The van der Waals surface area contributed by atoms with Gasteiger partial charge in [0.25, 0.3) is 0 Å². The van der Waals surface area contributed by atoms with Crippen LogP contribution in [0.2, 0.25) is 0 Å². The van der Waals surface area contributed by atoms with Crippen LogP contribution in [0.5, 0.6) is 0 Å². The summed E-state index contributed by atoms with van der Waals surface area (Å²) in [7, 11) is 0. The van der Waals surface area contributed by atoms with Gasteiger partial charge in [0, 0.05) is 12.1 Å². The van der Waals surface area contributed by atoms with Crippen LogP contribution in [0.15, 0.2) is 0 Å². The monoisotopic (exact) mass is 937 g/mol. The quantitative estimate of drug-likeness (QED) is 0.0988. The second-order valence-corrected chi connectivity index (χ2v) is 25.0. The molecular weight excluding hydrogens is 841 g/mol. The molecule has 0 bridgehead atoms. The number of rotatable bonds is 18. The lowest BCUT2D eigenvalue weighted by molar-refractivity contribution is -0.150. The van der Waals surface area contributed by atoms with Crippen molar-refractivity contribution in [3.8, 4) is 0 Å². The zero-order valence-electron chi connectivity index (χ0n) is 42.3. The molecule has 0 radical (unpaired) electrons. The predicted octanol–water partition coefficient (Wildman–Crippen LogP) is 12.6. The molecule has 0 heterocycles. The number of carbonyl (C=O) groups is 3. The fourth-order valence-electron chi connectivity index (χ4n) is 15.9. The minimum atomic E-state index is -0.795. The minimum absolute atomic E-state index is 0.00737. The first kappa shape index (κ1) is 51.6. The molecule has 0 aromatic carbocycles. The number of carboxylic acid groups (broad SMARTS) is 2. The molecule has 8 saturated carbocycles. The molecule has 0 saturated heterocycles. The molecule has 10 heteroatoms. The van der Waals surface area contributed by atoms with Gasteiger partial charge in [-0.05, 0) is 201 Å². The first-order valence-electron chi connectivity index (χ1n) is 28.9. The molecule has 4 N–H and O–H groups in total. The lowest BCUT2D eigenvalue weighted by atomic mass is 9.60. The molecule has 8 fully saturated rings. The largest absolute Gasteiger partial charge is 0.481 e. The van der Waals surface area contributed by atoms with Crippen LogP contribution in [0.25, 0.3) is 0 Å². The SMILES string of the molecule is CC(C)(C1CCC(OC2CCC(NOCC3CC(CC4CCCCC4)CCC3C(=O)O)CC2)CC1)C1CCC(OC2CCC(NC(=O)C3CC(CC4CCCCC4)CCC3C(=O)O)CC2)CC1. The van der Waals surface area contributed by atoms with E-state index in [1.54, 1.807) is 0 Å². The highest BCUT2D eigenvalue weighted by Gasteiger charge is 2.44. The molecule has 0 aliphatic heterocycles. The summed E-state index contributed by atoms with van der Waals surface area (Å²) in [5.74, 6) is 1.68. The number of nitrogens with one attached hydrogen (secondary N) is 2. The molecule has 382 valence electrons. The maximum Gasteiger partial charge on any atom is 0.307 e. The fraction of sp³-hybridized carbons (Fsp3) is 0.947. The third kappa shape index (κ3) is 14.7. The first-order valence-corrected chi connectivity index (χ1v) is 28.9. The van der Waals surface area contributed by atoms with Gasteiger partial charge in [-0.1, -0.05) is 78.1 Å². The Morgan fingerprint density at radius 2 is 0.896 bits per heavy atom. The van der Waals surface area contributed by atoms with Crippen LogP contribution in [-0.4, -0.2) is 71.2 Å². The summed E-state index contributed by atoms with van der Waals surface area (Å²) in [5, 5.41) is 23.3. The maximum atomic E-state index is 13.6. The van der Waals surface area contributed by atoms with Crippen LogP contribution < -0.4 is 10.8 Å². The zero-order valence-corrected chi connectivity index (χ0v) is 42.3. The van der Waals surface area contributed by atoms with E-state index in [1.807, 2.05) is 0 Å². The van der Waals surface area contributed by atoms with E-state index in [2.05, 4.69) is 24.6 Å². The van der Waals surface area contributed by atoms with E-state index >= 15 is 0 Å². The average molecular weight is 937 g/mol. The molecular formula is C57H96N2O8. The van der Waals surface area contributed by atoms with Gasteiger partial charge in [-0.2, -0.15) is 5.48 Å². The van der Waals surface area contributed by atoms with E-state index in [4.69, 9.17) is 14.3 Å². The number of ether oxygens (including phenoxy) is 2. The molecule has 8 aliphatic rings. The number of hydrogen-bond acceptors (Lipinski definition) is 7. The highest BCUT2D eigenvalue weighted by molar-refractivity contribution is 5.85. The van der Waals surface area contributed by atoms with Crippen LogP contribution >= 0.6 is 0 Å². The van der Waals surface area contributed by atoms with Crippen molar-refractivity contribution in [2.45, 2.75) is 269 Å². The van der Waals surface area contributed by atoms with E-state index in [-0.39, 0.29) is 29.9 Å². The van der Waals surface area contributed by atoms with Gasteiger partial charge in [0.05, 0.1) is 48.8 Å². The van der Waals surface area contributed by atoms with Crippen LogP contribution in [0.1, 0.15) is 232 Å². The number of hydrogen-bond donors (Lipinski definition) is 4.